The number of rotatable bonds is 4. The molecule has 0 aliphatic rings. The molecule has 1 N–H and O–H groups in total. The Morgan fingerprint density at radius 2 is 2.00 bits per heavy atom. The van der Waals surface area contributed by atoms with Gasteiger partial charge < -0.3 is 5.11 Å². The highest BCUT2D eigenvalue weighted by atomic mass is 35.5. The highest BCUT2D eigenvalue weighted by Gasteiger charge is 2.25. The first kappa shape index (κ1) is 13.5. The Kier molecular flexibility index (Phi) is 4.39. The van der Waals surface area contributed by atoms with Crippen LogP contribution in [0, 0.1) is 0 Å². The first-order valence-corrected chi connectivity index (χ1v) is 6.16. The molecule has 92 valence electrons. The molecule has 1 aromatic heterocycles. The maximum Gasteiger partial charge on any atom is 0.132 e. The topological polar surface area (TPSA) is 38.0 Å². The summed E-state index contributed by atoms with van der Waals surface area (Å²) in [7, 11) is 0. The Bertz CT molecular complexity index is 353. The molecule has 0 aliphatic carbocycles. The highest BCUT2D eigenvalue weighted by Crippen LogP contribution is 2.30. The van der Waals surface area contributed by atoms with E-state index in [9.17, 15) is 5.11 Å². The minimum Gasteiger partial charge on any atom is -0.391 e. The van der Waals surface area contributed by atoms with E-state index in [2.05, 4.69) is 32.8 Å². The van der Waals surface area contributed by atoms with Crippen molar-refractivity contribution in [3.63, 3.8) is 0 Å². The number of aromatic nitrogens is 2. The Morgan fingerprint density at radius 3 is 2.38 bits per heavy atom. The van der Waals surface area contributed by atoms with Crippen molar-refractivity contribution in [2.75, 3.05) is 0 Å². The highest BCUT2D eigenvalue weighted by molar-refractivity contribution is 6.30. The standard InChI is InChI=1S/C12H21ClN2O/c1-5-6-7-15-11(13)9(8-16)10(14-15)12(2,3)4/h16H,5-8H2,1-4H3. The van der Waals surface area contributed by atoms with Crippen LogP contribution in [-0.4, -0.2) is 14.9 Å². The van der Waals surface area contributed by atoms with Crippen molar-refractivity contribution < 1.29 is 5.11 Å². The zero-order valence-corrected chi connectivity index (χ0v) is 11.3. The molecule has 3 nitrogen and oxygen atoms in total. The minimum absolute atomic E-state index is 0.0441. The predicted molar refractivity (Wildman–Crippen MR) is 66.8 cm³/mol. The lowest BCUT2D eigenvalue weighted by molar-refractivity contribution is 0.278. The predicted octanol–water partition coefficient (Wildman–Crippen LogP) is 3.13. The van der Waals surface area contributed by atoms with Gasteiger partial charge in [-0.05, 0) is 6.42 Å². The third-order valence-electron chi connectivity index (χ3n) is 2.57. The van der Waals surface area contributed by atoms with Crippen LogP contribution in [0.2, 0.25) is 5.15 Å². The molecule has 4 heteroatoms. The zero-order valence-electron chi connectivity index (χ0n) is 10.5. The zero-order chi connectivity index (χ0) is 12.3. The van der Waals surface area contributed by atoms with Crippen molar-refractivity contribution >= 4 is 11.6 Å². The van der Waals surface area contributed by atoms with E-state index in [-0.39, 0.29) is 12.0 Å². The summed E-state index contributed by atoms with van der Waals surface area (Å²) in [5.74, 6) is 0. The molecule has 0 aromatic carbocycles. The van der Waals surface area contributed by atoms with Gasteiger partial charge in [0.15, 0.2) is 0 Å². The lowest BCUT2D eigenvalue weighted by Crippen LogP contribution is -2.15. The molecule has 0 saturated carbocycles. The molecule has 0 amide bonds. The van der Waals surface area contributed by atoms with E-state index < -0.39 is 0 Å². The monoisotopic (exact) mass is 244 g/mol. The van der Waals surface area contributed by atoms with Crippen molar-refractivity contribution in [2.45, 2.75) is 59.1 Å². The van der Waals surface area contributed by atoms with Gasteiger partial charge in [-0.3, -0.25) is 4.68 Å². The Balaban J connectivity index is 3.10. The van der Waals surface area contributed by atoms with Crippen LogP contribution in [0.1, 0.15) is 51.8 Å². The Morgan fingerprint density at radius 1 is 1.38 bits per heavy atom. The minimum atomic E-state index is -0.0842. The summed E-state index contributed by atoms with van der Waals surface area (Å²) in [6.45, 7) is 9.14. The second-order valence-corrected chi connectivity index (χ2v) is 5.46. The van der Waals surface area contributed by atoms with Crippen LogP contribution < -0.4 is 0 Å². The Labute approximate surface area is 102 Å². The first-order valence-electron chi connectivity index (χ1n) is 5.78. The number of halogens is 1. The Hall–Kier alpha value is -0.540. The van der Waals surface area contributed by atoms with Crippen LogP contribution in [0.4, 0.5) is 0 Å². The maximum absolute atomic E-state index is 9.36. The van der Waals surface area contributed by atoms with Crippen molar-refractivity contribution in [1.29, 1.82) is 0 Å². The lowest BCUT2D eigenvalue weighted by Gasteiger charge is -2.16. The normalized spacial score (nSPS) is 12.1. The largest absolute Gasteiger partial charge is 0.391 e. The number of hydrogen-bond donors (Lipinski definition) is 1. The maximum atomic E-state index is 9.36. The molecule has 1 rings (SSSR count). The van der Waals surface area contributed by atoms with Gasteiger partial charge in [0.25, 0.3) is 0 Å². The second-order valence-electron chi connectivity index (χ2n) is 5.10. The number of unbranched alkanes of at least 4 members (excludes halogenated alkanes) is 1. The van der Waals surface area contributed by atoms with E-state index in [0.717, 1.165) is 30.6 Å². The van der Waals surface area contributed by atoms with Crippen LogP contribution in [0.5, 0.6) is 0 Å². The van der Waals surface area contributed by atoms with Crippen LogP contribution in [0.3, 0.4) is 0 Å². The molecule has 1 heterocycles. The third-order valence-corrected chi connectivity index (χ3v) is 3.00. The second kappa shape index (κ2) is 5.19. The van der Waals surface area contributed by atoms with Crippen molar-refractivity contribution in [3.8, 4) is 0 Å². The van der Waals surface area contributed by atoms with Crippen molar-refractivity contribution in [1.82, 2.24) is 9.78 Å². The van der Waals surface area contributed by atoms with Gasteiger partial charge in [-0.2, -0.15) is 5.10 Å². The third kappa shape index (κ3) is 2.77. The van der Waals surface area contributed by atoms with Gasteiger partial charge in [-0.25, -0.2) is 0 Å². The summed E-state index contributed by atoms with van der Waals surface area (Å²) in [6, 6.07) is 0. The van der Waals surface area contributed by atoms with Gasteiger partial charge >= 0.3 is 0 Å². The molecule has 1 aromatic rings. The SMILES string of the molecule is CCCCn1nc(C(C)(C)C)c(CO)c1Cl. The molecule has 0 aliphatic heterocycles. The van der Waals surface area contributed by atoms with E-state index in [1.807, 2.05) is 0 Å². The first-order chi connectivity index (χ1) is 7.41. The summed E-state index contributed by atoms with van der Waals surface area (Å²) in [4.78, 5) is 0. The van der Waals surface area contributed by atoms with E-state index in [1.165, 1.54) is 0 Å². The van der Waals surface area contributed by atoms with Gasteiger partial charge in [0.1, 0.15) is 5.15 Å². The molecule has 0 spiro atoms. The fourth-order valence-corrected chi connectivity index (χ4v) is 1.95. The van der Waals surface area contributed by atoms with E-state index in [0.29, 0.717) is 5.15 Å². The smallest absolute Gasteiger partial charge is 0.132 e. The van der Waals surface area contributed by atoms with Crippen molar-refractivity contribution in [2.24, 2.45) is 0 Å². The summed E-state index contributed by atoms with van der Waals surface area (Å²) in [5, 5.41) is 14.5. The molecule has 0 saturated heterocycles. The van der Waals surface area contributed by atoms with E-state index in [4.69, 9.17) is 11.6 Å². The van der Waals surface area contributed by atoms with Crippen LogP contribution in [0.15, 0.2) is 0 Å². The molecule has 16 heavy (non-hydrogen) atoms. The van der Waals surface area contributed by atoms with Gasteiger partial charge in [0.05, 0.1) is 12.3 Å². The van der Waals surface area contributed by atoms with E-state index in [1.54, 1.807) is 4.68 Å². The summed E-state index contributed by atoms with van der Waals surface area (Å²) in [5.41, 5.74) is 1.58. The quantitative estimate of drug-likeness (QED) is 0.884. The molecule has 0 atom stereocenters. The molecular formula is C12H21ClN2O. The fraction of sp³-hybridized carbons (Fsp3) is 0.750. The van der Waals surface area contributed by atoms with Gasteiger partial charge in [0, 0.05) is 17.5 Å². The lowest BCUT2D eigenvalue weighted by atomic mass is 9.90. The molecule has 0 bridgehead atoms. The molecule has 0 unspecified atom stereocenters. The van der Waals surface area contributed by atoms with Crippen LogP contribution >= 0.6 is 11.6 Å². The average molecular weight is 245 g/mol. The average Bonchev–Trinajstić information content (AvgIpc) is 2.51. The van der Waals surface area contributed by atoms with Gasteiger partial charge in [-0.1, -0.05) is 45.7 Å². The van der Waals surface area contributed by atoms with Gasteiger partial charge in [-0.15, -0.1) is 0 Å². The fourth-order valence-electron chi connectivity index (χ4n) is 1.68. The number of hydrogen-bond acceptors (Lipinski definition) is 2. The van der Waals surface area contributed by atoms with Crippen molar-refractivity contribution in [3.05, 3.63) is 16.4 Å². The number of nitrogens with zero attached hydrogens (tertiary/aromatic N) is 2. The van der Waals surface area contributed by atoms with Crippen LogP contribution in [0.25, 0.3) is 0 Å². The summed E-state index contributed by atoms with van der Waals surface area (Å²) in [6.07, 6.45) is 2.16. The van der Waals surface area contributed by atoms with Crippen LogP contribution in [-0.2, 0) is 18.6 Å². The summed E-state index contributed by atoms with van der Waals surface area (Å²) < 4.78 is 1.80. The van der Waals surface area contributed by atoms with E-state index >= 15 is 0 Å². The number of aliphatic hydroxyl groups excluding tert-OH is 1. The molecule has 0 radical (unpaired) electrons. The number of aryl methyl sites for hydroxylation is 1. The molecule has 0 fully saturated rings. The molecular weight excluding hydrogens is 224 g/mol. The van der Waals surface area contributed by atoms with Gasteiger partial charge in [0.2, 0.25) is 0 Å². The number of aliphatic hydroxyl groups is 1. The summed E-state index contributed by atoms with van der Waals surface area (Å²) >= 11 is 6.21.